The summed E-state index contributed by atoms with van der Waals surface area (Å²) in [5.41, 5.74) is 0.253. The number of carbonyl (C=O) groups is 2. The highest BCUT2D eigenvalue weighted by molar-refractivity contribution is 7.13. The molecule has 1 aromatic carbocycles. The first kappa shape index (κ1) is 19.5. The summed E-state index contributed by atoms with van der Waals surface area (Å²) < 4.78 is 14.0. The molecule has 0 bridgehead atoms. The number of amides is 2. The van der Waals surface area contributed by atoms with E-state index in [0.29, 0.717) is 29.4 Å². The van der Waals surface area contributed by atoms with Gasteiger partial charge in [0.1, 0.15) is 10.8 Å². The molecule has 1 aromatic heterocycles. The Hall–Kier alpha value is -2.28. The number of halogens is 1. The van der Waals surface area contributed by atoms with Crippen molar-refractivity contribution in [2.45, 2.75) is 45.1 Å². The molecular weight excluding hydrogens is 365 g/mol. The minimum absolute atomic E-state index is 0.0528. The van der Waals surface area contributed by atoms with Crippen LogP contribution in [0.1, 0.15) is 39.3 Å². The topological polar surface area (TPSA) is 62.3 Å². The minimum Gasteiger partial charge on any atom is -0.352 e. The van der Waals surface area contributed by atoms with Crippen molar-refractivity contribution in [3.63, 3.8) is 0 Å². The molecule has 0 unspecified atom stereocenters. The summed E-state index contributed by atoms with van der Waals surface area (Å²) in [4.78, 5) is 30.6. The highest BCUT2D eigenvalue weighted by atomic mass is 32.1. The van der Waals surface area contributed by atoms with E-state index in [4.69, 9.17) is 0 Å². The van der Waals surface area contributed by atoms with E-state index in [2.05, 4.69) is 10.3 Å². The third kappa shape index (κ3) is 4.18. The Morgan fingerprint density at radius 2 is 1.93 bits per heavy atom. The molecule has 1 aliphatic heterocycles. The molecule has 1 aliphatic rings. The van der Waals surface area contributed by atoms with Gasteiger partial charge < -0.3 is 10.2 Å². The molecule has 2 heterocycles. The SMILES string of the molecule is CC(=O)N1CCC(NC(=O)C(C)(C)c2csc(-c3ccccc3F)n2)CC1. The molecule has 0 aliphatic carbocycles. The smallest absolute Gasteiger partial charge is 0.231 e. The maximum absolute atomic E-state index is 14.0. The van der Waals surface area contributed by atoms with Gasteiger partial charge in [-0.05, 0) is 38.8 Å². The molecule has 1 fully saturated rings. The number of nitrogens with one attached hydrogen (secondary N) is 1. The zero-order valence-electron chi connectivity index (χ0n) is 15.8. The van der Waals surface area contributed by atoms with Crippen molar-refractivity contribution in [2.75, 3.05) is 13.1 Å². The summed E-state index contributed by atoms with van der Waals surface area (Å²) in [5, 5.41) is 5.48. The maximum Gasteiger partial charge on any atom is 0.231 e. The van der Waals surface area contributed by atoms with E-state index in [1.165, 1.54) is 17.4 Å². The number of hydrogen-bond acceptors (Lipinski definition) is 4. The number of piperidine rings is 1. The lowest BCUT2D eigenvalue weighted by atomic mass is 9.88. The zero-order chi connectivity index (χ0) is 19.6. The lowest BCUT2D eigenvalue weighted by Gasteiger charge is -2.33. The number of benzene rings is 1. The number of rotatable bonds is 4. The van der Waals surface area contributed by atoms with E-state index in [1.807, 2.05) is 19.2 Å². The molecule has 0 saturated carbocycles. The second kappa shape index (κ2) is 7.76. The number of aromatic nitrogens is 1. The molecule has 1 saturated heterocycles. The van der Waals surface area contributed by atoms with Crippen LogP contribution in [0.2, 0.25) is 0 Å². The Balaban J connectivity index is 1.68. The Kier molecular flexibility index (Phi) is 5.60. The van der Waals surface area contributed by atoms with Crippen LogP contribution in [0.25, 0.3) is 10.6 Å². The van der Waals surface area contributed by atoms with Crippen LogP contribution in [0, 0.1) is 5.82 Å². The number of hydrogen-bond donors (Lipinski definition) is 1. The predicted molar refractivity (Wildman–Crippen MR) is 104 cm³/mol. The number of thiazole rings is 1. The molecule has 7 heteroatoms. The molecule has 1 N–H and O–H groups in total. The molecular formula is C20H24FN3O2S. The van der Waals surface area contributed by atoms with Gasteiger partial charge in [-0.1, -0.05) is 12.1 Å². The molecule has 0 radical (unpaired) electrons. The average Bonchev–Trinajstić information content (AvgIpc) is 3.13. The van der Waals surface area contributed by atoms with Crippen molar-refractivity contribution in [2.24, 2.45) is 0 Å². The van der Waals surface area contributed by atoms with Gasteiger partial charge >= 0.3 is 0 Å². The summed E-state index contributed by atoms with van der Waals surface area (Å²) in [6, 6.07) is 6.56. The van der Waals surface area contributed by atoms with E-state index < -0.39 is 5.41 Å². The molecule has 0 spiro atoms. The van der Waals surface area contributed by atoms with Gasteiger partial charge in [0.2, 0.25) is 11.8 Å². The minimum atomic E-state index is -0.822. The van der Waals surface area contributed by atoms with Gasteiger partial charge in [0.15, 0.2) is 0 Å². The summed E-state index contributed by atoms with van der Waals surface area (Å²) in [6.45, 7) is 6.54. The van der Waals surface area contributed by atoms with E-state index >= 15 is 0 Å². The Morgan fingerprint density at radius 1 is 1.26 bits per heavy atom. The fourth-order valence-electron chi connectivity index (χ4n) is 3.14. The van der Waals surface area contributed by atoms with Gasteiger partial charge in [0.25, 0.3) is 0 Å². The maximum atomic E-state index is 14.0. The summed E-state index contributed by atoms with van der Waals surface area (Å²) in [5.74, 6) is -0.352. The van der Waals surface area contributed by atoms with Gasteiger partial charge in [-0.3, -0.25) is 9.59 Å². The Bertz CT molecular complexity index is 841. The molecule has 3 rings (SSSR count). The van der Waals surface area contributed by atoms with Crippen molar-refractivity contribution in [1.29, 1.82) is 0 Å². The van der Waals surface area contributed by atoms with Crippen LogP contribution in [0.4, 0.5) is 4.39 Å². The third-order valence-electron chi connectivity index (χ3n) is 5.09. The predicted octanol–water partition coefficient (Wildman–Crippen LogP) is 3.35. The second-order valence-electron chi connectivity index (χ2n) is 7.40. The first-order valence-corrected chi connectivity index (χ1v) is 9.94. The van der Waals surface area contributed by atoms with Crippen LogP contribution >= 0.6 is 11.3 Å². The fourth-order valence-corrected chi connectivity index (χ4v) is 4.15. The quantitative estimate of drug-likeness (QED) is 0.872. The largest absolute Gasteiger partial charge is 0.352 e. The van der Waals surface area contributed by atoms with Gasteiger partial charge in [-0.15, -0.1) is 11.3 Å². The van der Waals surface area contributed by atoms with Crippen LogP contribution in [0.5, 0.6) is 0 Å². The van der Waals surface area contributed by atoms with Crippen molar-refractivity contribution < 1.29 is 14.0 Å². The number of likely N-dealkylation sites (tertiary alicyclic amines) is 1. The van der Waals surface area contributed by atoms with Crippen molar-refractivity contribution in [1.82, 2.24) is 15.2 Å². The standard InChI is InChI=1S/C20H24FN3O2S/c1-13(25)24-10-8-14(9-11-24)22-19(26)20(2,3)17-12-27-18(23-17)15-6-4-5-7-16(15)21/h4-7,12,14H,8-11H2,1-3H3,(H,22,26). The fraction of sp³-hybridized carbons (Fsp3) is 0.450. The Morgan fingerprint density at radius 3 is 2.56 bits per heavy atom. The third-order valence-corrected chi connectivity index (χ3v) is 5.97. The van der Waals surface area contributed by atoms with Crippen molar-refractivity contribution in [3.05, 3.63) is 41.2 Å². The van der Waals surface area contributed by atoms with Crippen LogP contribution in [0.3, 0.4) is 0 Å². The normalized spacial score (nSPS) is 15.6. The van der Waals surface area contributed by atoms with E-state index in [0.717, 1.165) is 12.8 Å². The lowest BCUT2D eigenvalue weighted by Crippen LogP contribution is -2.50. The van der Waals surface area contributed by atoms with Crippen LogP contribution < -0.4 is 5.32 Å². The van der Waals surface area contributed by atoms with Crippen LogP contribution in [0.15, 0.2) is 29.6 Å². The first-order valence-electron chi connectivity index (χ1n) is 9.06. The van der Waals surface area contributed by atoms with Gasteiger partial charge in [-0.25, -0.2) is 9.37 Å². The Labute approximate surface area is 162 Å². The van der Waals surface area contributed by atoms with Gasteiger partial charge in [0.05, 0.1) is 11.1 Å². The second-order valence-corrected chi connectivity index (χ2v) is 8.25. The molecule has 144 valence electrons. The summed E-state index contributed by atoms with van der Waals surface area (Å²) in [7, 11) is 0. The molecule has 0 atom stereocenters. The van der Waals surface area contributed by atoms with Gasteiger partial charge in [0, 0.05) is 37.0 Å². The average molecular weight is 389 g/mol. The highest BCUT2D eigenvalue weighted by Crippen LogP contribution is 2.31. The molecule has 2 aromatic rings. The van der Waals surface area contributed by atoms with Crippen molar-refractivity contribution >= 4 is 23.2 Å². The zero-order valence-corrected chi connectivity index (χ0v) is 16.6. The number of nitrogens with zero attached hydrogens (tertiary/aromatic N) is 2. The van der Waals surface area contributed by atoms with E-state index in [9.17, 15) is 14.0 Å². The lowest BCUT2D eigenvalue weighted by molar-refractivity contribution is -0.130. The molecule has 5 nitrogen and oxygen atoms in total. The molecule has 27 heavy (non-hydrogen) atoms. The summed E-state index contributed by atoms with van der Waals surface area (Å²) in [6.07, 6.45) is 1.50. The van der Waals surface area contributed by atoms with Gasteiger partial charge in [-0.2, -0.15) is 0 Å². The van der Waals surface area contributed by atoms with Crippen LogP contribution in [-0.4, -0.2) is 40.8 Å². The monoisotopic (exact) mass is 389 g/mol. The first-order chi connectivity index (χ1) is 12.8. The summed E-state index contributed by atoms with van der Waals surface area (Å²) >= 11 is 1.34. The van der Waals surface area contributed by atoms with Crippen molar-refractivity contribution in [3.8, 4) is 10.6 Å². The number of carbonyl (C=O) groups excluding carboxylic acids is 2. The molecule has 2 amide bonds. The van der Waals surface area contributed by atoms with Crippen LogP contribution in [-0.2, 0) is 15.0 Å². The van der Waals surface area contributed by atoms with E-state index in [1.54, 1.807) is 30.0 Å². The van der Waals surface area contributed by atoms with E-state index in [-0.39, 0.29) is 23.7 Å². The highest BCUT2D eigenvalue weighted by Gasteiger charge is 2.34.